The number of thioether (sulfide) groups is 1. The average Bonchev–Trinajstić information content (AvgIpc) is 3.40. The number of hydrogen-bond acceptors (Lipinski definition) is 10. The van der Waals surface area contributed by atoms with Gasteiger partial charge in [-0.1, -0.05) is 5.21 Å². The van der Waals surface area contributed by atoms with Crippen molar-refractivity contribution in [3.63, 3.8) is 0 Å². The van der Waals surface area contributed by atoms with E-state index in [0.717, 1.165) is 28.6 Å². The molecule has 39 heavy (non-hydrogen) atoms. The van der Waals surface area contributed by atoms with Crippen molar-refractivity contribution in [2.24, 2.45) is 0 Å². The van der Waals surface area contributed by atoms with Crippen LogP contribution in [0.1, 0.15) is 25.8 Å². The SMILES string of the molecule is CCN(C)C(=O)[C@@H](S[C@@H]1O[C@H](CO)[C@H](O)[C@H](n2cc(-c3cc(F)c(F)c(F)c3)nn2)[C@H]1O)C1(O)CCOCC1. The first-order valence-corrected chi connectivity index (χ1v) is 13.3. The summed E-state index contributed by atoms with van der Waals surface area (Å²) in [4.78, 5) is 14.7. The molecule has 11 nitrogen and oxygen atoms in total. The van der Waals surface area contributed by atoms with Crippen molar-refractivity contribution in [2.45, 2.75) is 60.4 Å². The molecule has 0 spiro atoms. The fraction of sp³-hybridized carbons (Fsp3) is 0.625. The molecule has 4 N–H and O–H groups in total. The molecule has 0 aliphatic carbocycles. The van der Waals surface area contributed by atoms with Crippen LogP contribution in [0.5, 0.6) is 0 Å². The second-order valence-corrected chi connectivity index (χ2v) is 10.8. The summed E-state index contributed by atoms with van der Waals surface area (Å²) in [6.07, 6.45) is -2.71. The summed E-state index contributed by atoms with van der Waals surface area (Å²) in [6.45, 7) is 1.96. The van der Waals surface area contributed by atoms with E-state index in [4.69, 9.17) is 9.47 Å². The summed E-state index contributed by atoms with van der Waals surface area (Å²) in [5, 5.41) is 50.1. The number of rotatable bonds is 8. The Bertz CT molecular complexity index is 1150. The average molecular weight is 577 g/mol. The Morgan fingerprint density at radius 3 is 2.46 bits per heavy atom. The van der Waals surface area contributed by atoms with Gasteiger partial charge in [0.15, 0.2) is 17.5 Å². The number of carbonyl (C=O) groups excluding carboxylic acids is 1. The highest BCUT2D eigenvalue weighted by atomic mass is 32.2. The molecule has 1 aromatic heterocycles. The van der Waals surface area contributed by atoms with E-state index in [-0.39, 0.29) is 37.3 Å². The largest absolute Gasteiger partial charge is 0.394 e. The summed E-state index contributed by atoms with van der Waals surface area (Å²) in [5.41, 5.74) is -2.88. The second kappa shape index (κ2) is 12.1. The standard InChI is InChI=1S/C24H31F3N4O7S/c1-3-30(2)22(35)21(24(36)4-6-37-7-5-24)39-23-20(34)18(19(33)16(11-32)38-23)31-10-15(28-29-31)12-8-13(25)17(27)14(26)9-12/h8-10,16,18-21,23,32-34,36H,3-7,11H2,1-2H3/t16-,18+,19+,20-,21-,23+/m1/s1. The van der Waals surface area contributed by atoms with E-state index in [1.165, 1.54) is 11.1 Å². The molecule has 0 saturated carbocycles. The van der Waals surface area contributed by atoms with Crippen LogP contribution in [-0.4, -0.2) is 114 Å². The zero-order valence-corrected chi connectivity index (χ0v) is 22.1. The number of benzene rings is 1. The zero-order chi connectivity index (χ0) is 28.5. The molecule has 0 bridgehead atoms. The van der Waals surface area contributed by atoms with Crippen molar-refractivity contribution in [1.82, 2.24) is 19.9 Å². The molecule has 216 valence electrons. The topological polar surface area (TPSA) is 150 Å². The minimum absolute atomic E-state index is 0.0717. The van der Waals surface area contributed by atoms with Gasteiger partial charge >= 0.3 is 0 Å². The first-order chi connectivity index (χ1) is 18.5. The fourth-order valence-corrected chi connectivity index (χ4v) is 6.23. The van der Waals surface area contributed by atoms with Gasteiger partial charge in [0, 0.05) is 45.2 Å². The number of amides is 1. The Labute approximate surface area is 226 Å². The van der Waals surface area contributed by atoms with Crippen LogP contribution in [0.4, 0.5) is 13.2 Å². The summed E-state index contributed by atoms with van der Waals surface area (Å²) in [5.74, 6) is -4.90. The molecule has 0 unspecified atom stereocenters. The van der Waals surface area contributed by atoms with Gasteiger partial charge in [-0.15, -0.1) is 16.9 Å². The molecule has 6 atom stereocenters. The molecular formula is C24H31F3N4O7S. The van der Waals surface area contributed by atoms with Gasteiger partial charge in [-0.2, -0.15) is 0 Å². The molecule has 1 amide bonds. The van der Waals surface area contributed by atoms with Crippen LogP contribution in [0.2, 0.25) is 0 Å². The molecule has 2 fully saturated rings. The number of halogens is 3. The molecule has 3 heterocycles. The van der Waals surface area contributed by atoms with Crippen LogP contribution < -0.4 is 0 Å². The Kier molecular flexibility index (Phi) is 9.20. The van der Waals surface area contributed by atoms with Crippen molar-refractivity contribution < 1.29 is 47.9 Å². The van der Waals surface area contributed by atoms with E-state index in [0.29, 0.717) is 6.54 Å². The molecule has 2 saturated heterocycles. The maximum absolute atomic E-state index is 13.8. The lowest BCUT2D eigenvalue weighted by Crippen LogP contribution is -2.58. The molecule has 4 rings (SSSR count). The lowest BCUT2D eigenvalue weighted by Gasteiger charge is -2.45. The first kappa shape index (κ1) is 29.7. The van der Waals surface area contributed by atoms with E-state index in [1.807, 2.05) is 0 Å². The first-order valence-electron chi connectivity index (χ1n) is 12.4. The Balaban J connectivity index is 1.65. The molecule has 2 aliphatic heterocycles. The van der Waals surface area contributed by atoms with Gasteiger partial charge in [-0.05, 0) is 19.1 Å². The van der Waals surface area contributed by atoms with Crippen molar-refractivity contribution in [3.05, 3.63) is 35.8 Å². The Morgan fingerprint density at radius 1 is 1.23 bits per heavy atom. The molecule has 2 aliphatic rings. The van der Waals surface area contributed by atoms with Crippen LogP contribution in [0.25, 0.3) is 11.3 Å². The predicted molar refractivity (Wildman–Crippen MR) is 132 cm³/mol. The number of ether oxygens (including phenoxy) is 2. The number of aliphatic hydroxyl groups is 4. The number of carbonyl (C=O) groups is 1. The van der Waals surface area contributed by atoms with Gasteiger partial charge in [0.1, 0.15) is 40.7 Å². The highest BCUT2D eigenvalue weighted by Crippen LogP contribution is 2.42. The summed E-state index contributed by atoms with van der Waals surface area (Å²) in [6, 6.07) is 0.190. The van der Waals surface area contributed by atoms with E-state index in [9.17, 15) is 38.4 Å². The molecule has 0 radical (unpaired) electrons. The van der Waals surface area contributed by atoms with Crippen LogP contribution >= 0.6 is 11.8 Å². The second-order valence-electron chi connectivity index (χ2n) is 9.62. The highest BCUT2D eigenvalue weighted by molar-refractivity contribution is 8.01. The number of hydrogen-bond donors (Lipinski definition) is 4. The zero-order valence-electron chi connectivity index (χ0n) is 21.3. The van der Waals surface area contributed by atoms with E-state index < -0.39 is 70.6 Å². The van der Waals surface area contributed by atoms with Crippen LogP contribution in [0.3, 0.4) is 0 Å². The van der Waals surface area contributed by atoms with Crippen molar-refractivity contribution in [2.75, 3.05) is 33.4 Å². The third kappa shape index (κ3) is 5.94. The number of aromatic nitrogens is 3. The maximum Gasteiger partial charge on any atom is 0.238 e. The molecular weight excluding hydrogens is 545 g/mol. The van der Waals surface area contributed by atoms with E-state index in [2.05, 4.69) is 10.3 Å². The van der Waals surface area contributed by atoms with Crippen LogP contribution in [0.15, 0.2) is 18.3 Å². The lowest BCUT2D eigenvalue weighted by molar-refractivity contribution is -0.179. The summed E-state index contributed by atoms with van der Waals surface area (Å²) < 4.78 is 53.1. The normalized spacial score (nSPS) is 27.8. The lowest BCUT2D eigenvalue weighted by atomic mass is 9.89. The minimum atomic E-state index is -1.64. The minimum Gasteiger partial charge on any atom is -0.394 e. The van der Waals surface area contributed by atoms with Crippen molar-refractivity contribution in [1.29, 1.82) is 0 Å². The predicted octanol–water partition coefficient (Wildman–Crippen LogP) is 0.464. The molecule has 1 aromatic carbocycles. The quantitative estimate of drug-likeness (QED) is 0.327. The van der Waals surface area contributed by atoms with Crippen LogP contribution in [0, 0.1) is 17.5 Å². The van der Waals surface area contributed by atoms with Crippen molar-refractivity contribution >= 4 is 17.7 Å². The molecule has 2 aromatic rings. The highest BCUT2D eigenvalue weighted by Gasteiger charge is 2.51. The van der Waals surface area contributed by atoms with Gasteiger partial charge in [0.2, 0.25) is 5.91 Å². The summed E-state index contributed by atoms with van der Waals surface area (Å²) >= 11 is 0.866. The van der Waals surface area contributed by atoms with E-state index >= 15 is 0 Å². The Hall–Kier alpha value is -2.27. The van der Waals surface area contributed by atoms with Gasteiger partial charge in [-0.25, -0.2) is 17.9 Å². The fourth-order valence-electron chi connectivity index (χ4n) is 4.64. The van der Waals surface area contributed by atoms with Gasteiger partial charge in [-0.3, -0.25) is 4.79 Å². The van der Waals surface area contributed by atoms with E-state index in [1.54, 1.807) is 14.0 Å². The van der Waals surface area contributed by atoms with Crippen molar-refractivity contribution in [3.8, 4) is 11.3 Å². The third-order valence-electron chi connectivity index (χ3n) is 7.14. The van der Waals surface area contributed by atoms with Gasteiger partial charge in [0.05, 0.1) is 18.4 Å². The molecule has 15 heteroatoms. The third-order valence-corrected chi connectivity index (χ3v) is 8.71. The van der Waals surface area contributed by atoms with Gasteiger partial charge in [0.25, 0.3) is 0 Å². The van der Waals surface area contributed by atoms with Gasteiger partial charge < -0.3 is 34.8 Å². The Morgan fingerprint density at radius 2 is 1.87 bits per heavy atom. The maximum atomic E-state index is 13.8. The smallest absolute Gasteiger partial charge is 0.238 e. The number of aliphatic hydroxyl groups excluding tert-OH is 3. The monoisotopic (exact) mass is 576 g/mol. The van der Waals surface area contributed by atoms with Crippen LogP contribution in [-0.2, 0) is 14.3 Å². The summed E-state index contributed by atoms with van der Waals surface area (Å²) in [7, 11) is 1.58. The number of nitrogens with zero attached hydrogens (tertiary/aromatic N) is 4.